The molecule has 0 spiro atoms. The molecule has 0 aromatic heterocycles. The van der Waals surface area contributed by atoms with Gasteiger partial charge in [-0.05, 0) is 77.1 Å². The molecule has 0 amide bonds. The molecule has 5 rings (SSSR count). The molecular formula is C34H31NO2S. The number of benzene rings is 5. The Hall–Kier alpha value is -3.99. The molecule has 5 aromatic carbocycles. The standard InChI is InChI=1S/C34H31NO2S/c1-24-20-25(2)34(26(3)21-24)38(36,37)35-33(31-19-18-28-14-10-11-17-30(28)23-31)32(29-15-8-5-9-16-29)22-27-12-6-4-7-13-27/h4-23,33,35H,1-3H3/b32-22+. The zero-order chi connectivity index (χ0) is 26.7. The van der Waals surface area contributed by atoms with Crippen molar-refractivity contribution >= 4 is 32.4 Å². The van der Waals surface area contributed by atoms with E-state index in [1.807, 2.05) is 112 Å². The third kappa shape index (κ3) is 5.47. The number of rotatable bonds is 7. The molecule has 0 fully saturated rings. The van der Waals surface area contributed by atoms with Crippen molar-refractivity contribution in [3.05, 3.63) is 149 Å². The number of hydrogen-bond donors (Lipinski definition) is 1. The van der Waals surface area contributed by atoms with Gasteiger partial charge in [0.15, 0.2) is 0 Å². The van der Waals surface area contributed by atoms with Crippen LogP contribution in [0.3, 0.4) is 0 Å². The van der Waals surface area contributed by atoms with E-state index in [4.69, 9.17) is 0 Å². The van der Waals surface area contributed by atoms with E-state index < -0.39 is 16.1 Å². The van der Waals surface area contributed by atoms with E-state index in [1.165, 1.54) is 0 Å². The third-order valence-electron chi connectivity index (χ3n) is 6.79. The Labute approximate surface area is 225 Å². The number of fused-ring (bicyclic) bond motifs is 1. The number of sulfonamides is 1. The van der Waals surface area contributed by atoms with Gasteiger partial charge >= 0.3 is 0 Å². The average molecular weight is 518 g/mol. The molecule has 4 heteroatoms. The molecule has 3 nitrogen and oxygen atoms in total. The molecule has 0 heterocycles. The van der Waals surface area contributed by atoms with Gasteiger partial charge in [0.25, 0.3) is 0 Å². The number of hydrogen-bond acceptors (Lipinski definition) is 2. The predicted molar refractivity (Wildman–Crippen MR) is 158 cm³/mol. The van der Waals surface area contributed by atoms with E-state index in [1.54, 1.807) is 0 Å². The molecule has 38 heavy (non-hydrogen) atoms. The minimum absolute atomic E-state index is 0.334. The summed E-state index contributed by atoms with van der Waals surface area (Å²) in [7, 11) is -3.88. The first-order chi connectivity index (χ1) is 18.3. The highest BCUT2D eigenvalue weighted by atomic mass is 32.2. The second-order valence-corrected chi connectivity index (χ2v) is 11.4. The van der Waals surface area contributed by atoms with Gasteiger partial charge in [0, 0.05) is 0 Å². The summed E-state index contributed by atoms with van der Waals surface area (Å²) in [5.74, 6) is 0. The van der Waals surface area contributed by atoms with Crippen LogP contribution in [0.2, 0.25) is 0 Å². The summed E-state index contributed by atoms with van der Waals surface area (Å²) in [5, 5.41) is 2.17. The molecule has 0 aliphatic rings. The van der Waals surface area contributed by atoms with Gasteiger partial charge in [-0.3, -0.25) is 0 Å². The van der Waals surface area contributed by atoms with E-state index in [2.05, 4.69) is 35.1 Å². The monoisotopic (exact) mass is 517 g/mol. The second-order valence-electron chi connectivity index (χ2n) is 9.77. The molecule has 0 saturated carbocycles. The van der Waals surface area contributed by atoms with Crippen LogP contribution in [-0.4, -0.2) is 8.42 Å². The van der Waals surface area contributed by atoms with Gasteiger partial charge in [0.2, 0.25) is 10.0 Å². The molecule has 0 bridgehead atoms. The van der Waals surface area contributed by atoms with Crippen molar-refractivity contribution in [2.75, 3.05) is 0 Å². The van der Waals surface area contributed by atoms with Crippen molar-refractivity contribution in [2.24, 2.45) is 0 Å². The minimum atomic E-state index is -3.88. The first kappa shape index (κ1) is 25.7. The second kappa shape index (κ2) is 10.8. The molecule has 0 saturated heterocycles. The molecule has 1 N–H and O–H groups in total. The maximum atomic E-state index is 14.1. The molecular weight excluding hydrogens is 486 g/mol. The van der Waals surface area contributed by atoms with Crippen molar-refractivity contribution in [3.63, 3.8) is 0 Å². The molecule has 0 radical (unpaired) electrons. The van der Waals surface area contributed by atoms with Crippen molar-refractivity contribution in [1.82, 2.24) is 4.72 Å². The fourth-order valence-electron chi connectivity index (χ4n) is 5.20. The summed E-state index contributed by atoms with van der Waals surface area (Å²) in [6, 6.07) is 37.5. The Balaban J connectivity index is 1.73. The summed E-state index contributed by atoms with van der Waals surface area (Å²) >= 11 is 0. The predicted octanol–water partition coefficient (Wildman–Crippen LogP) is 8.03. The Morgan fingerprint density at radius 1 is 0.684 bits per heavy atom. The van der Waals surface area contributed by atoms with Crippen LogP contribution in [0.4, 0.5) is 0 Å². The lowest BCUT2D eigenvalue weighted by Gasteiger charge is -2.25. The fraction of sp³-hybridized carbons (Fsp3) is 0.118. The highest BCUT2D eigenvalue weighted by Crippen LogP contribution is 2.35. The molecule has 1 atom stereocenters. The molecule has 0 aliphatic heterocycles. The molecule has 0 aliphatic carbocycles. The van der Waals surface area contributed by atoms with Crippen LogP contribution in [0.25, 0.3) is 22.4 Å². The summed E-state index contributed by atoms with van der Waals surface area (Å²) in [4.78, 5) is 0.334. The van der Waals surface area contributed by atoms with Crippen LogP contribution < -0.4 is 4.72 Å². The van der Waals surface area contributed by atoms with Crippen LogP contribution in [0.5, 0.6) is 0 Å². The van der Waals surface area contributed by atoms with Gasteiger partial charge in [-0.1, -0.05) is 115 Å². The quantitative estimate of drug-likeness (QED) is 0.222. The zero-order valence-electron chi connectivity index (χ0n) is 21.8. The van der Waals surface area contributed by atoms with Gasteiger partial charge in [0.05, 0.1) is 10.9 Å². The lowest BCUT2D eigenvalue weighted by molar-refractivity contribution is 0.574. The maximum Gasteiger partial charge on any atom is 0.241 e. The smallest absolute Gasteiger partial charge is 0.207 e. The van der Waals surface area contributed by atoms with Crippen molar-refractivity contribution in [2.45, 2.75) is 31.7 Å². The van der Waals surface area contributed by atoms with Crippen molar-refractivity contribution < 1.29 is 8.42 Å². The molecule has 1 unspecified atom stereocenters. The maximum absolute atomic E-state index is 14.1. The van der Waals surface area contributed by atoms with Gasteiger partial charge in [-0.15, -0.1) is 0 Å². The zero-order valence-corrected chi connectivity index (χ0v) is 22.7. The van der Waals surface area contributed by atoms with Crippen LogP contribution in [0.1, 0.15) is 39.4 Å². The first-order valence-electron chi connectivity index (χ1n) is 12.7. The summed E-state index contributed by atoms with van der Waals surface area (Å²) in [5.41, 5.74) is 6.22. The van der Waals surface area contributed by atoms with Gasteiger partial charge in [0.1, 0.15) is 0 Å². The van der Waals surface area contributed by atoms with Crippen LogP contribution >= 0.6 is 0 Å². The Morgan fingerprint density at radius 2 is 1.26 bits per heavy atom. The van der Waals surface area contributed by atoms with E-state index in [9.17, 15) is 8.42 Å². The summed E-state index contributed by atoms with van der Waals surface area (Å²) in [6.07, 6.45) is 2.08. The van der Waals surface area contributed by atoms with E-state index >= 15 is 0 Å². The Kier molecular flexibility index (Phi) is 7.28. The lowest BCUT2D eigenvalue weighted by atomic mass is 9.91. The van der Waals surface area contributed by atoms with Crippen molar-refractivity contribution in [3.8, 4) is 0 Å². The largest absolute Gasteiger partial charge is 0.241 e. The van der Waals surface area contributed by atoms with Crippen LogP contribution in [-0.2, 0) is 10.0 Å². The normalized spacial score (nSPS) is 13.0. The third-order valence-corrected chi connectivity index (χ3v) is 8.52. The van der Waals surface area contributed by atoms with Crippen LogP contribution in [0, 0.1) is 20.8 Å². The minimum Gasteiger partial charge on any atom is -0.207 e. The van der Waals surface area contributed by atoms with E-state index in [0.717, 1.165) is 49.7 Å². The summed E-state index contributed by atoms with van der Waals surface area (Å²) in [6.45, 7) is 5.70. The van der Waals surface area contributed by atoms with E-state index in [-0.39, 0.29) is 0 Å². The van der Waals surface area contributed by atoms with Crippen molar-refractivity contribution in [1.29, 1.82) is 0 Å². The lowest BCUT2D eigenvalue weighted by Crippen LogP contribution is -2.30. The van der Waals surface area contributed by atoms with Gasteiger partial charge < -0.3 is 0 Å². The topological polar surface area (TPSA) is 46.2 Å². The summed E-state index contributed by atoms with van der Waals surface area (Å²) < 4.78 is 31.3. The fourth-order valence-corrected chi connectivity index (χ4v) is 6.85. The van der Waals surface area contributed by atoms with Gasteiger partial charge in [-0.2, -0.15) is 4.72 Å². The Bertz CT molecular complexity index is 1700. The average Bonchev–Trinajstić information content (AvgIpc) is 2.90. The number of aryl methyl sites for hydroxylation is 3. The Morgan fingerprint density at radius 3 is 1.92 bits per heavy atom. The van der Waals surface area contributed by atoms with Gasteiger partial charge in [-0.25, -0.2) is 8.42 Å². The molecule has 190 valence electrons. The highest BCUT2D eigenvalue weighted by molar-refractivity contribution is 7.89. The highest BCUT2D eigenvalue weighted by Gasteiger charge is 2.28. The van der Waals surface area contributed by atoms with Crippen LogP contribution in [0.15, 0.2) is 120 Å². The number of nitrogens with one attached hydrogen (secondary N) is 1. The van der Waals surface area contributed by atoms with E-state index in [0.29, 0.717) is 4.90 Å². The molecule has 5 aromatic rings. The first-order valence-corrected chi connectivity index (χ1v) is 14.2. The SMILES string of the molecule is Cc1cc(C)c(S(=O)(=O)NC(/C(=C/c2ccccc2)c2ccccc2)c2ccc3ccccc3c2)c(C)c1.